The summed E-state index contributed by atoms with van der Waals surface area (Å²) in [6.45, 7) is 8.15. The van der Waals surface area contributed by atoms with Crippen molar-refractivity contribution in [2.24, 2.45) is 39.9 Å². The first-order valence-electron chi connectivity index (χ1n) is 20.1. The van der Waals surface area contributed by atoms with Gasteiger partial charge in [-0.05, 0) is 86.9 Å². The molecule has 0 radical (unpaired) electrons. The van der Waals surface area contributed by atoms with E-state index < -0.39 is 123 Å². The van der Waals surface area contributed by atoms with Gasteiger partial charge in [0.2, 0.25) is 6.29 Å². The van der Waals surface area contributed by atoms with Crippen LogP contribution in [0.2, 0.25) is 0 Å². The van der Waals surface area contributed by atoms with Crippen LogP contribution in [0.4, 0.5) is 0 Å². The summed E-state index contributed by atoms with van der Waals surface area (Å²) < 4.78 is 35.9. The fourth-order valence-corrected chi connectivity index (χ4v) is 12.2. The lowest BCUT2D eigenvalue weighted by Gasteiger charge is -2.63. The second-order valence-electron chi connectivity index (χ2n) is 18.2. The molecule has 0 aromatic rings. The molecule has 1 spiro atoms. The third kappa shape index (κ3) is 6.93. The van der Waals surface area contributed by atoms with Gasteiger partial charge >= 0.3 is 5.97 Å². The van der Waals surface area contributed by atoms with Crippen molar-refractivity contribution >= 4 is 5.97 Å². The molecule has 0 amide bonds. The van der Waals surface area contributed by atoms with Gasteiger partial charge < -0.3 is 74.4 Å². The lowest BCUT2D eigenvalue weighted by atomic mass is 9.41. The van der Waals surface area contributed by atoms with Crippen molar-refractivity contribution in [1.29, 1.82) is 0 Å². The number of allylic oxidation sites excluding steroid dienone is 1. The number of ether oxygens (including phenoxy) is 6. The molecule has 7 rings (SSSR count). The first-order chi connectivity index (χ1) is 26.0. The zero-order valence-electron chi connectivity index (χ0n) is 32.0. The van der Waals surface area contributed by atoms with Crippen molar-refractivity contribution < 1.29 is 79.2 Å². The van der Waals surface area contributed by atoms with E-state index in [9.17, 15) is 50.8 Å². The number of aliphatic hydroxyl groups is 9. The van der Waals surface area contributed by atoms with Crippen LogP contribution >= 0.6 is 0 Å². The largest absolute Gasteiger partial charge is 0.432 e. The predicted molar refractivity (Wildman–Crippen MR) is 188 cm³/mol. The lowest BCUT2D eigenvalue weighted by Crippen LogP contribution is -2.67. The molecule has 3 saturated heterocycles. The number of fused-ring (bicyclic) bond motifs is 3. The van der Waals surface area contributed by atoms with E-state index in [4.69, 9.17) is 28.4 Å². The van der Waals surface area contributed by atoms with Crippen LogP contribution in [0, 0.1) is 39.9 Å². The Morgan fingerprint density at radius 3 is 1.98 bits per heavy atom. The van der Waals surface area contributed by atoms with Gasteiger partial charge in [0.15, 0.2) is 18.7 Å². The number of hydrogen-bond acceptors (Lipinski definition) is 16. The first-order valence-corrected chi connectivity index (χ1v) is 20.1. The molecular formula is C39H62O16. The molecule has 0 unspecified atom stereocenters. The summed E-state index contributed by atoms with van der Waals surface area (Å²) in [7, 11) is 0. The number of aliphatic hydroxyl groups excluding tert-OH is 9. The van der Waals surface area contributed by atoms with E-state index >= 15 is 0 Å². The SMILES string of the molecule is C=C1C[C@@]23CC[C@H]4[C@@](C)(CCC[C@@]4(C)C(=O)O[C@@H]4O[C@H](CO)[C@@H](O)[C@H](O[C@@H]5O[C@H](CO)[C@@H](C)[C@H](O)[C@H]5O)[C@H]4O[C@@H]4O[C@H](CO)[C@@H](O)[C@H](O)[C@H]4O)[C@@H]2CC[C@@H]1C3. The van der Waals surface area contributed by atoms with Crippen LogP contribution in [0.5, 0.6) is 0 Å². The fraction of sp³-hybridized carbons (Fsp3) is 0.923. The van der Waals surface area contributed by atoms with Crippen LogP contribution in [-0.4, -0.2) is 158 Å². The Hall–Kier alpha value is -1.35. The smallest absolute Gasteiger partial charge is 0.314 e. The molecule has 3 heterocycles. The molecular weight excluding hydrogens is 724 g/mol. The highest BCUT2D eigenvalue weighted by molar-refractivity contribution is 5.77. The molecule has 55 heavy (non-hydrogen) atoms. The van der Waals surface area contributed by atoms with Crippen LogP contribution in [-0.2, 0) is 33.2 Å². The van der Waals surface area contributed by atoms with Gasteiger partial charge in [-0.1, -0.05) is 32.4 Å². The Morgan fingerprint density at radius 1 is 0.709 bits per heavy atom. The highest BCUT2D eigenvalue weighted by Crippen LogP contribution is 2.72. The van der Waals surface area contributed by atoms with Gasteiger partial charge in [-0.3, -0.25) is 4.79 Å². The van der Waals surface area contributed by atoms with Crippen LogP contribution in [0.25, 0.3) is 0 Å². The van der Waals surface area contributed by atoms with E-state index in [0.29, 0.717) is 18.3 Å². The van der Waals surface area contributed by atoms with Gasteiger partial charge in [0.1, 0.15) is 48.8 Å². The Kier molecular flexibility index (Phi) is 11.9. The Balaban J connectivity index is 1.20. The summed E-state index contributed by atoms with van der Waals surface area (Å²) in [5.41, 5.74) is 0.411. The van der Waals surface area contributed by atoms with Crippen molar-refractivity contribution in [2.45, 2.75) is 165 Å². The average Bonchev–Trinajstić information content (AvgIpc) is 3.39. The number of carbonyl (C=O) groups excluding carboxylic acids is 1. The topological polar surface area (TPSA) is 255 Å². The van der Waals surface area contributed by atoms with E-state index in [1.165, 1.54) is 5.57 Å². The second kappa shape index (κ2) is 15.7. The Morgan fingerprint density at radius 2 is 1.31 bits per heavy atom. The highest BCUT2D eigenvalue weighted by Gasteiger charge is 2.66. The maximum Gasteiger partial charge on any atom is 0.314 e. The molecule has 2 bridgehead atoms. The van der Waals surface area contributed by atoms with E-state index in [0.717, 1.165) is 51.4 Å². The first kappa shape index (κ1) is 41.8. The minimum atomic E-state index is -1.91. The van der Waals surface area contributed by atoms with E-state index in [-0.39, 0.29) is 16.7 Å². The van der Waals surface area contributed by atoms with Gasteiger partial charge in [0.05, 0.1) is 37.4 Å². The van der Waals surface area contributed by atoms with Crippen molar-refractivity contribution in [3.63, 3.8) is 0 Å². The van der Waals surface area contributed by atoms with E-state index in [1.807, 2.05) is 6.92 Å². The van der Waals surface area contributed by atoms with Gasteiger partial charge in [0.25, 0.3) is 0 Å². The molecule has 4 saturated carbocycles. The summed E-state index contributed by atoms with van der Waals surface area (Å²) in [6.07, 6.45) is -14.3. The lowest BCUT2D eigenvalue weighted by molar-refractivity contribution is -0.387. The molecule has 4 aliphatic carbocycles. The Bertz CT molecular complexity index is 1400. The molecule has 3 aliphatic heterocycles. The second-order valence-corrected chi connectivity index (χ2v) is 18.2. The summed E-state index contributed by atoms with van der Waals surface area (Å²) in [4.78, 5) is 14.8. The summed E-state index contributed by atoms with van der Waals surface area (Å²) in [5, 5.41) is 95.4. The molecule has 7 fully saturated rings. The number of hydrogen-bond donors (Lipinski definition) is 9. The monoisotopic (exact) mass is 786 g/mol. The normalized spacial score (nSPS) is 54.0. The molecule has 0 aromatic heterocycles. The average molecular weight is 787 g/mol. The standard InChI is InChI=1S/C39H62O16/c1-17-12-39-11-8-23-37(3,24(39)7-6-19(17)13-39)9-5-10-38(23,4)36(49)55-35-32(54-34-30(48)28(46)26(44)21(15-41)51-34)31(27(45)22(16-42)52-35)53-33-29(47)25(43)18(2)20(14-40)50-33/h18-35,40-48H,1,5-16H2,2-4H3/t18-,19-,20-,21-,22-,23+,24+,25+,26-,27-,28+,29-,30-,31+,32-,33+,34+,35+,37-,38-,39-/m1/s1. The Labute approximate surface area is 321 Å². The van der Waals surface area contributed by atoms with Gasteiger partial charge in [-0.15, -0.1) is 0 Å². The van der Waals surface area contributed by atoms with Crippen molar-refractivity contribution in [2.75, 3.05) is 19.8 Å². The molecule has 7 aliphatic rings. The zero-order valence-corrected chi connectivity index (χ0v) is 32.0. The fourth-order valence-electron chi connectivity index (χ4n) is 12.2. The molecule has 314 valence electrons. The minimum absolute atomic E-state index is 0.0355. The third-order valence-corrected chi connectivity index (χ3v) is 15.2. The predicted octanol–water partition coefficient (Wildman–Crippen LogP) is -0.778. The summed E-state index contributed by atoms with van der Waals surface area (Å²) in [6, 6.07) is 0. The number of esters is 1. The number of rotatable bonds is 9. The molecule has 16 heteroatoms. The molecule has 9 N–H and O–H groups in total. The van der Waals surface area contributed by atoms with Crippen LogP contribution in [0.3, 0.4) is 0 Å². The minimum Gasteiger partial charge on any atom is -0.432 e. The van der Waals surface area contributed by atoms with Crippen LogP contribution in [0.15, 0.2) is 12.2 Å². The maximum atomic E-state index is 14.8. The molecule has 16 nitrogen and oxygen atoms in total. The van der Waals surface area contributed by atoms with E-state index in [2.05, 4.69) is 13.5 Å². The maximum absolute atomic E-state index is 14.8. The third-order valence-electron chi connectivity index (χ3n) is 15.2. The highest BCUT2D eigenvalue weighted by atomic mass is 16.8. The van der Waals surface area contributed by atoms with Gasteiger partial charge in [0, 0.05) is 5.92 Å². The van der Waals surface area contributed by atoms with Crippen LogP contribution < -0.4 is 0 Å². The number of carbonyl (C=O) groups is 1. The summed E-state index contributed by atoms with van der Waals surface area (Å²) in [5.74, 6) is -0.358. The van der Waals surface area contributed by atoms with Gasteiger partial charge in [-0.2, -0.15) is 0 Å². The molecule has 21 atom stereocenters. The van der Waals surface area contributed by atoms with Crippen molar-refractivity contribution in [1.82, 2.24) is 0 Å². The molecule has 0 aromatic carbocycles. The van der Waals surface area contributed by atoms with Gasteiger partial charge in [-0.25, -0.2) is 0 Å². The summed E-state index contributed by atoms with van der Waals surface area (Å²) >= 11 is 0. The van der Waals surface area contributed by atoms with E-state index in [1.54, 1.807) is 6.92 Å². The zero-order chi connectivity index (χ0) is 39.8. The van der Waals surface area contributed by atoms with Crippen molar-refractivity contribution in [3.05, 3.63) is 12.2 Å². The van der Waals surface area contributed by atoms with Crippen molar-refractivity contribution in [3.8, 4) is 0 Å². The quantitative estimate of drug-likeness (QED) is 0.103. The van der Waals surface area contributed by atoms with Crippen LogP contribution in [0.1, 0.15) is 78.6 Å².